The smallest absolute Gasteiger partial charge is 0.252 e. The third-order valence-electron chi connectivity index (χ3n) is 3.89. The first kappa shape index (κ1) is 19.3. The van der Waals surface area contributed by atoms with E-state index in [4.69, 9.17) is 23.2 Å². The second-order valence-corrected chi connectivity index (χ2v) is 7.86. The molecule has 0 saturated heterocycles. The lowest BCUT2D eigenvalue weighted by Crippen LogP contribution is -2.18. The molecule has 27 heavy (non-hydrogen) atoms. The Balaban J connectivity index is 1.91. The Hall–Kier alpha value is -2.44. The lowest BCUT2D eigenvalue weighted by Gasteiger charge is -2.13. The van der Waals surface area contributed by atoms with E-state index in [1.165, 1.54) is 4.68 Å². The monoisotopic (exact) mass is 403 g/mol. The Morgan fingerprint density at radius 2 is 1.74 bits per heavy atom. The molecule has 3 aromatic rings. The highest BCUT2D eigenvalue weighted by atomic mass is 35.5. The maximum absolute atomic E-state index is 12.6. The van der Waals surface area contributed by atoms with Gasteiger partial charge in [-0.05, 0) is 23.8 Å². The number of amides is 1. The highest BCUT2D eigenvalue weighted by Gasteiger charge is 2.22. The summed E-state index contributed by atoms with van der Waals surface area (Å²) >= 11 is 12.3. The molecule has 0 unspecified atom stereocenters. The number of aromatic nitrogens is 4. The van der Waals surface area contributed by atoms with Crippen molar-refractivity contribution in [2.75, 3.05) is 5.32 Å². The summed E-state index contributed by atoms with van der Waals surface area (Å²) in [7, 11) is 0. The fourth-order valence-corrected chi connectivity index (χ4v) is 2.97. The molecular weight excluding hydrogens is 385 g/mol. The number of nitrogens with one attached hydrogen (secondary N) is 1. The molecule has 0 atom stereocenters. The summed E-state index contributed by atoms with van der Waals surface area (Å²) in [4.78, 5) is 21.1. The van der Waals surface area contributed by atoms with Crippen LogP contribution in [0, 0.1) is 0 Å². The first-order chi connectivity index (χ1) is 12.8. The molecule has 3 rings (SSSR count). The van der Waals surface area contributed by atoms with Crippen LogP contribution in [-0.4, -0.2) is 25.7 Å². The molecule has 0 spiro atoms. The van der Waals surface area contributed by atoms with Gasteiger partial charge in [-0.15, -0.1) is 0 Å². The van der Waals surface area contributed by atoms with E-state index in [0.717, 1.165) is 5.69 Å². The summed E-state index contributed by atoms with van der Waals surface area (Å²) < 4.78 is 1.52. The van der Waals surface area contributed by atoms with Crippen molar-refractivity contribution < 1.29 is 4.79 Å². The molecule has 0 aliphatic heterocycles. The molecule has 140 valence electrons. The van der Waals surface area contributed by atoms with E-state index in [1.807, 2.05) is 26.8 Å². The van der Waals surface area contributed by atoms with Gasteiger partial charge in [0, 0.05) is 33.9 Å². The molecule has 0 aliphatic rings. The van der Waals surface area contributed by atoms with Crippen molar-refractivity contribution in [3.8, 4) is 5.95 Å². The van der Waals surface area contributed by atoms with Crippen molar-refractivity contribution in [3.05, 3.63) is 64.0 Å². The van der Waals surface area contributed by atoms with Gasteiger partial charge in [-0.25, -0.2) is 9.97 Å². The summed E-state index contributed by atoms with van der Waals surface area (Å²) in [5, 5.41) is 8.34. The van der Waals surface area contributed by atoms with Crippen LogP contribution in [0.25, 0.3) is 5.95 Å². The van der Waals surface area contributed by atoms with Crippen LogP contribution >= 0.6 is 23.2 Å². The molecule has 0 bridgehead atoms. The number of carbonyl (C=O) groups excluding carboxylic acids is 1. The van der Waals surface area contributed by atoms with Crippen LogP contribution in [0.1, 0.15) is 32.0 Å². The van der Waals surface area contributed by atoms with Gasteiger partial charge in [0.1, 0.15) is 5.82 Å². The second kappa shape index (κ2) is 7.66. The third-order valence-corrected chi connectivity index (χ3v) is 4.59. The van der Waals surface area contributed by atoms with Crippen molar-refractivity contribution in [1.82, 2.24) is 19.7 Å². The summed E-state index contributed by atoms with van der Waals surface area (Å²) in [6, 6.07) is 8.69. The van der Waals surface area contributed by atoms with Crippen LogP contribution in [0.15, 0.2) is 42.7 Å². The number of rotatable bonds is 4. The molecular formula is C19H19Cl2N5O. The van der Waals surface area contributed by atoms with E-state index in [0.29, 0.717) is 27.4 Å². The van der Waals surface area contributed by atoms with Gasteiger partial charge >= 0.3 is 0 Å². The number of carbonyl (C=O) groups is 1. The zero-order chi connectivity index (χ0) is 19.6. The highest BCUT2D eigenvalue weighted by Crippen LogP contribution is 2.27. The number of hydrogen-bond donors (Lipinski definition) is 1. The maximum Gasteiger partial charge on any atom is 0.252 e. The van der Waals surface area contributed by atoms with Gasteiger partial charge in [0.25, 0.3) is 5.95 Å². The SMILES string of the molecule is CC(C)(C)c1cc(NC(=O)Cc2c(Cl)cccc2Cl)n(-c2ncccn2)n1. The minimum absolute atomic E-state index is 0.0458. The van der Waals surface area contributed by atoms with E-state index in [-0.39, 0.29) is 17.7 Å². The average Bonchev–Trinajstić information content (AvgIpc) is 3.03. The van der Waals surface area contributed by atoms with E-state index in [9.17, 15) is 4.79 Å². The minimum Gasteiger partial charge on any atom is -0.310 e. The number of benzene rings is 1. The predicted molar refractivity (Wildman–Crippen MR) is 107 cm³/mol. The molecule has 0 aliphatic carbocycles. The van der Waals surface area contributed by atoms with Crippen LogP contribution in [0.2, 0.25) is 10.0 Å². The zero-order valence-electron chi connectivity index (χ0n) is 15.2. The lowest BCUT2D eigenvalue weighted by molar-refractivity contribution is -0.115. The molecule has 8 heteroatoms. The molecule has 0 radical (unpaired) electrons. The largest absolute Gasteiger partial charge is 0.310 e. The Morgan fingerprint density at radius 3 is 2.33 bits per heavy atom. The normalized spacial score (nSPS) is 11.4. The van der Waals surface area contributed by atoms with Crippen LogP contribution in [-0.2, 0) is 16.6 Å². The number of nitrogens with zero attached hydrogens (tertiary/aromatic N) is 4. The van der Waals surface area contributed by atoms with Gasteiger partial charge in [-0.1, -0.05) is 50.0 Å². The number of hydrogen-bond acceptors (Lipinski definition) is 4. The van der Waals surface area contributed by atoms with Gasteiger partial charge in [0.05, 0.1) is 12.1 Å². The predicted octanol–water partition coefficient (Wildman–Crippen LogP) is 4.45. The Morgan fingerprint density at radius 1 is 1.11 bits per heavy atom. The van der Waals surface area contributed by atoms with Crippen molar-refractivity contribution in [2.24, 2.45) is 0 Å². The van der Waals surface area contributed by atoms with Crippen molar-refractivity contribution in [3.63, 3.8) is 0 Å². The molecule has 2 aromatic heterocycles. The topological polar surface area (TPSA) is 72.7 Å². The zero-order valence-corrected chi connectivity index (χ0v) is 16.7. The van der Waals surface area contributed by atoms with Crippen LogP contribution < -0.4 is 5.32 Å². The summed E-state index contributed by atoms with van der Waals surface area (Å²) in [6.45, 7) is 6.13. The highest BCUT2D eigenvalue weighted by molar-refractivity contribution is 6.36. The average molecular weight is 404 g/mol. The first-order valence-corrected chi connectivity index (χ1v) is 9.12. The molecule has 1 N–H and O–H groups in total. The maximum atomic E-state index is 12.6. The third kappa shape index (κ3) is 4.46. The summed E-state index contributed by atoms with van der Waals surface area (Å²) in [5.74, 6) is 0.598. The standard InChI is InChI=1S/C19H19Cl2N5O/c1-19(2,3)15-11-16(26(25-15)18-22-8-5-9-23-18)24-17(27)10-12-13(20)6-4-7-14(12)21/h4-9,11H,10H2,1-3H3,(H,24,27). The van der Waals surface area contributed by atoms with Crippen molar-refractivity contribution in [2.45, 2.75) is 32.6 Å². The Kier molecular flexibility index (Phi) is 5.48. The van der Waals surface area contributed by atoms with Crippen LogP contribution in [0.3, 0.4) is 0 Å². The van der Waals surface area contributed by atoms with Gasteiger partial charge in [-0.2, -0.15) is 9.78 Å². The first-order valence-electron chi connectivity index (χ1n) is 8.36. The lowest BCUT2D eigenvalue weighted by atomic mass is 9.92. The van der Waals surface area contributed by atoms with E-state index in [1.54, 1.807) is 36.7 Å². The second-order valence-electron chi connectivity index (χ2n) is 7.05. The van der Waals surface area contributed by atoms with E-state index >= 15 is 0 Å². The van der Waals surface area contributed by atoms with Crippen LogP contribution in [0.4, 0.5) is 5.82 Å². The molecule has 1 amide bonds. The number of halogens is 2. The molecule has 2 heterocycles. The molecule has 0 fully saturated rings. The fraction of sp³-hybridized carbons (Fsp3) is 0.263. The quantitative estimate of drug-likeness (QED) is 0.698. The fourth-order valence-electron chi connectivity index (χ4n) is 2.44. The van der Waals surface area contributed by atoms with Crippen molar-refractivity contribution in [1.29, 1.82) is 0 Å². The molecule has 0 saturated carbocycles. The van der Waals surface area contributed by atoms with Gasteiger partial charge in [-0.3, -0.25) is 4.79 Å². The minimum atomic E-state index is -0.262. The summed E-state index contributed by atoms with van der Waals surface area (Å²) in [6.07, 6.45) is 3.29. The Bertz CT molecular complexity index is 944. The summed E-state index contributed by atoms with van der Waals surface area (Å²) in [5.41, 5.74) is 1.18. The molecule has 6 nitrogen and oxygen atoms in total. The molecule has 1 aromatic carbocycles. The Labute approximate surface area is 167 Å². The van der Waals surface area contributed by atoms with E-state index in [2.05, 4.69) is 20.4 Å². The van der Waals surface area contributed by atoms with Gasteiger partial charge in [0.15, 0.2) is 0 Å². The van der Waals surface area contributed by atoms with E-state index < -0.39 is 0 Å². The van der Waals surface area contributed by atoms with Crippen molar-refractivity contribution >= 4 is 34.9 Å². The van der Waals surface area contributed by atoms with Gasteiger partial charge in [0.2, 0.25) is 5.91 Å². The number of anilines is 1. The van der Waals surface area contributed by atoms with Gasteiger partial charge < -0.3 is 5.32 Å². The van der Waals surface area contributed by atoms with Crippen LogP contribution in [0.5, 0.6) is 0 Å².